The topological polar surface area (TPSA) is 62.3 Å². The van der Waals surface area contributed by atoms with Gasteiger partial charge in [0.15, 0.2) is 0 Å². The van der Waals surface area contributed by atoms with E-state index in [2.05, 4.69) is 22.4 Å². The third kappa shape index (κ3) is 3.09. The number of benzene rings is 2. The van der Waals surface area contributed by atoms with E-state index in [-0.39, 0.29) is 36.1 Å². The number of fused-ring (bicyclic) bond motifs is 3. The molecule has 1 saturated heterocycles. The van der Waals surface area contributed by atoms with Crippen molar-refractivity contribution >= 4 is 23.2 Å². The molecule has 3 unspecified atom stereocenters. The smallest absolute Gasteiger partial charge is 0.233 e. The number of hydrogen-bond acceptors (Lipinski definition) is 3. The molecule has 2 aliphatic rings. The first kappa shape index (κ1) is 17.6. The molecule has 0 spiro atoms. The minimum Gasteiger partial charge on any atom is -0.326 e. The lowest BCUT2D eigenvalue weighted by atomic mass is 9.77. The van der Waals surface area contributed by atoms with Crippen molar-refractivity contribution in [3.63, 3.8) is 0 Å². The maximum absolute atomic E-state index is 12.9. The summed E-state index contributed by atoms with van der Waals surface area (Å²) in [6.45, 7) is 0. The number of aromatic nitrogens is 1. The van der Waals surface area contributed by atoms with E-state index in [1.54, 1.807) is 6.20 Å². The molecule has 2 aliphatic heterocycles. The second-order valence-electron chi connectivity index (χ2n) is 7.63. The summed E-state index contributed by atoms with van der Waals surface area (Å²) in [5, 5.41) is 2.90. The molecule has 1 fully saturated rings. The molecule has 5 heteroatoms. The van der Waals surface area contributed by atoms with Crippen LogP contribution in [0.5, 0.6) is 0 Å². The van der Waals surface area contributed by atoms with Gasteiger partial charge in [-0.05, 0) is 36.2 Å². The van der Waals surface area contributed by atoms with Crippen molar-refractivity contribution in [1.29, 1.82) is 0 Å². The molecule has 5 rings (SSSR count). The van der Waals surface area contributed by atoms with Gasteiger partial charge in [-0.2, -0.15) is 0 Å². The Morgan fingerprint density at radius 1 is 0.931 bits per heavy atom. The molecule has 1 aromatic heterocycles. The van der Waals surface area contributed by atoms with Crippen LogP contribution in [0.4, 0.5) is 11.4 Å². The van der Waals surface area contributed by atoms with Crippen LogP contribution >= 0.6 is 0 Å². The van der Waals surface area contributed by atoms with E-state index in [1.165, 1.54) is 5.56 Å². The highest BCUT2D eigenvalue weighted by atomic mass is 16.2. The summed E-state index contributed by atoms with van der Waals surface area (Å²) < 4.78 is 0. The highest BCUT2D eigenvalue weighted by Gasteiger charge is 2.57. The molecule has 0 saturated carbocycles. The maximum atomic E-state index is 12.9. The van der Waals surface area contributed by atoms with Crippen molar-refractivity contribution in [2.45, 2.75) is 24.8 Å². The van der Waals surface area contributed by atoms with Crippen LogP contribution in [0.2, 0.25) is 0 Å². The van der Waals surface area contributed by atoms with Crippen LogP contribution in [0.3, 0.4) is 0 Å². The lowest BCUT2D eigenvalue weighted by Crippen LogP contribution is -2.61. The van der Waals surface area contributed by atoms with Crippen molar-refractivity contribution in [3.8, 4) is 0 Å². The molecule has 1 N–H and O–H groups in total. The van der Waals surface area contributed by atoms with Crippen molar-refractivity contribution < 1.29 is 9.59 Å². The number of hydrogen-bond donors (Lipinski definition) is 1. The van der Waals surface area contributed by atoms with Gasteiger partial charge >= 0.3 is 0 Å². The van der Waals surface area contributed by atoms with Gasteiger partial charge in [0.05, 0.1) is 23.3 Å². The van der Waals surface area contributed by atoms with Gasteiger partial charge in [0, 0.05) is 24.2 Å². The lowest BCUT2D eigenvalue weighted by Gasteiger charge is -2.44. The van der Waals surface area contributed by atoms with Crippen molar-refractivity contribution in [1.82, 2.24) is 4.98 Å². The van der Waals surface area contributed by atoms with Gasteiger partial charge in [-0.15, -0.1) is 0 Å². The van der Waals surface area contributed by atoms with Gasteiger partial charge in [-0.1, -0.05) is 48.5 Å². The summed E-state index contributed by atoms with van der Waals surface area (Å²) in [4.78, 5) is 31.9. The molecular formula is C24H21N3O2. The van der Waals surface area contributed by atoms with Crippen LogP contribution in [0.15, 0.2) is 79.0 Å². The molecule has 3 aromatic rings. The first-order valence-electron chi connectivity index (χ1n) is 9.89. The number of rotatable bonds is 5. The quantitative estimate of drug-likeness (QED) is 0.682. The second-order valence-corrected chi connectivity index (χ2v) is 7.63. The van der Waals surface area contributed by atoms with Gasteiger partial charge in [-0.3, -0.25) is 14.6 Å². The average Bonchev–Trinajstić information content (AvgIpc) is 3.04. The molecule has 5 nitrogen and oxygen atoms in total. The Bertz CT molecular complexity index is 1050. The van der Waals surface area contributed by atoms with E-state index < -0.39 is 0 Å². The zero-order valence-corrected chi connectivity index (χ0v) is 15.9. The Morgan fingerprint density at radius 2 is 1.66 bits per heavy atom. The van der Waals surface area contributed by atoms with Crippen LogP contribution in [-0.4, -0.2) is 22.8 Å². The first-order valence-corrected chi connectivity index (χ1v) is 9.89. The third-order valence-corrected chi connectivity index (χ3v) is 5.87. The lowest BCUT2D eigenvalue weighted by molar-refractivity contribution is -0.133. The molecule has 144 valence electrons. The van der Waals surface area contributed by atoms with Crippen LogP contribution in [0.25, 0.3) is 0 Å². The first-order chi connectivity index (χ1) is 14.2. The zero-order chi connectivity index (χ0) is 19.8. The van der Waals surface area contributed by atoms with Crippen LogP contribution in [0.1, 0.15) is 23.6 Å². The van der Waals surface area contributed by atoms with Gasteiger partial charge in [0.1, 0.15) is 0 Å². The molecule has 0 radical (unpaired) electrons. The number of para-hydroxylation sites is 1. The van der Waals surface area contributed by atoms with Gasteiger partial charge < -0.3 is 10.2 Å². The number of anilines is 2. The Labute approximate surface area is 169 Å². The Kier molecular flexibility index (Phi) is 4.35. The SMILES string of the molecule is O=C(CC1C(=O)N2c3cccnc3C(Cc3ccccc3)C12)Nc1ccccc1. The number of carbonyl (C=O) groups excluding carboxylic acids is 2. The predicted octanol–water partition coefficient (Wildman–Crippen LogP) is 3.78. The number of carbonyl (C=O) groups is 2. The number of nitrogens with zero attached hydrogens (tertiary/aromatic N) is 2. The summed E-state index contributed by atoms with van der Waals surface area (Å²) >= 11 is 0. The Morgan fingerprint density at radius 3 is 2.41 bits per heavy atom. The van der Waals surface area contributed by atoms with Crippen LogP contribution in [0, 0.1) is 5.92 Å². The zero-order valence-electron chi connectivity index (χ0n) is 15.9. The molecule has 0 bridgehead atoms. The second kappa shape index (κ2) is 7.17. The molecule has 29 heavy (non-hydrogen) atoms. The largest absolute Gasteiger partial charge is 0.326 e. The van der Waals surface area contributed by atoms with E-state index >= 15 is 0 Å². The van der Waals surface area contributed by atoms with Gasteiger partial charge in [-0.25, -0.2) is 0 Å². The fourth-order valence-electron chi connectivity index (χ4n) is 4.60. The van der Waals surface area contributed by atoms with Crippen molar-refractivity contribution in [2.75, 3.05) is 10.2 Å². The van der Waals surface area contributed by atoms with Gasteiger partial charge in [0.25, 0.3) is 0 Å². The van der Waals surface area contributed by atoms with Crippen molar-refractivity contribution in [2.24, 2.45) is 5.92 Å². The summed E-state index contributed by atoms with van der Waals surface area (Å²) in [6, 6.07) is 23.4. The molecule has 3 atom stereocenters. The number of amides is 2. The molecule has 2 aromatic carbocycles. The monoisotopic (exact) mass is 383 g/mol. The van der Waals surface area contributed by atoms with E-state index in [4.69, 9.17) is 0 Å². The van der Waals surface area contributed by atoms with E-state index in [9.17, 15) is 9.59 Å². The Balaban J connectivity index is 1.38. The fraction of sp³-hybridized carbons (Fsp3) is 0.208. The maximum Gasteiger partial charge on any atom is 0.233 e. The summed E-state index contributed by atoms with van der Waals surface area (Å²) in [6.07, 6.45) is 2.77. The Hall–Kier alpha value is -3.47. The van der Waals surface area contributed by atoms with Crippen molar-refractivity contribution in [3.05, 3.63) is 90.3 Å². The predicted molar refractivity (Wildman–Crippen MR) is 112 cm³/mol. The normalized spacial score (nSPS) is 21.9. The third-order valence-electron chi connectivity index (χ3n) is 5.87. The highest BCUT2D eigenvalue weighted by Crippen LogP contribution is 2.51. The summed E-state index contributed by atoms with van der Waals surface area (Å²) in [7, 11) is 0. The van der Waals surface area contributed by atoms with Crippen LogP contribution in [-0.2, 0) is 16.0 Å². The molecule has 3 heterocycles. The minimum absolute atomic E-state index is 0.0167. The van der Waals surface area contributed by atoms with E-state index in [0.717, 1.165) is 23.5 Å². The summed E-state index contributed by atoms with van der Waals surface area (Å²) in [5.74, 6) is -0.331. The molecule has 2 amide bonds. The average molecular weight is 383 g/mol. The van der Waals surface area contributed by atoms with E-state index in [0.29, 0.717) is 0 Å². The molecule has 0 aliphatic carbocycles. The number of pyridine rings is 1. The van der Waals surface area contributed by atoms with Crippen LogP contribution < -0.4 is 10.2 Å². The number of β-lactam (4-membered cyclic amide) rings is 1. The minimum atomic E-state index is -0.318. The summed E-state index contributed by atoms with van der Waals surface area (Å²) in [5.41, 5.74) is 3.81. The van der Waals surface area contributed by atoms with E-state index in [1.807, 2.05) is 65.6 Å². The fourth-order valence-corrected chi connectivity index (χ4v) is 4.60. The highest BCUT2D eigenvalue weighted by molar-refractivity contribution is 6.08. The standard InChI is InChI=1S/C24H21N3O2/c28-21(26-17-10-5-2-6-11-17)15-19-23-18(14-16-8-3-1-4-9-16)22-20(12-7-13-25-22)27(23)24(19)29/h1-13,18-19,23H,14-15H2,(H,26,28). The number of nitrogens with one attached hydrogen (secondary N) is 1. The molecular weight excluding hydrogens is 362 g/mol. The van der Waals surface area contributed by atoms with Gasteiger partial charge in [0.2, 0.25) is 11.8 Å².